The highest BCUT2D eigenvalue weighted by molar-refractivity contribution is 5.83. The van der Waals surface area contributed by atoms with E-state index in [0.29, 0.717) is 5.92 Å². The zero-order valence-electron chi connectivity index (χ0n) is 13.0. The van der Waals surface area contributed by atoms with Crippen LogP contribution in [-0.2, 0) is 0 Å². The Morgan fingerprint density at radius 2 is 1.22 bits per heavy atom. The lowest BCUT2D eigenvalue weighted by molar-refractivity contribution is 0.869. The number of hydrogen-bond donors (Lipinski definition) is 0. The summed E-state index contributed by atoms with van der Waals surface area (Å²) >= 11 is 0. The molecule has 0 amide bonds. The van der Waals surface area contributed by atoms with Crippen LogP contribution in [0.25, 0.3) is 10.8 Å². The number of hydrogen-bond acceptors (Lipinski definition) is 0. The van der Waals surface area contributed by atoms with Gasteiger partial charge in [-0.25, -0.2) is 0 Å². The summed E-state index contributed by atoms with van der Waals surface area (Å²) < 4.78 is 0. The molecule has 0 bridgehead atoms. The summed E-state index contributed by atoms with van der Waals surface area (Å²) in [6.07, 6.45) is 0. The van der Waals surface area contributed by atoms with Crippen LogP contribution in [0.3, 0.4) is 0 Å². The van der Waals surface area contributed by atoms with Gasteiger partial charge in [0.25, 0.3) is 0 Å². The lowest BCUT2D eigenvalue weighted by Crippen LogP contribution is -1.86. The van der Waals surface area contributed by atoms with Gasteiger partial charge in [0, 0.05) is 0 Å². The van der Waals surface area contributed by atoms with Crippen molar-refractivity contribution in [2.24, 2.45) is 0 Å². The quantitative estimate of drug-likeness (QED) is 0.550. The van der Waals surface area contributed by atoms with Gasteiger partial charge in [-0.1, -0.05) is 83.5 Å². The third kappa shape index (κ3) is 4.52. The summed E-state index contributed by atoms with van der Waals surface area (Å²) in [5, 5.41) is 2.69. The van der Waals surface area contributed by atoms with E-state index in [0.717, 1.165) is 0 Å². The van der Waals surface area contributed by atoms with Crippen molar-refractivity contribution >= 4 is 10.8 Å². The smallest absolute Gasteiger partial charge is 0.0181 e. The van der Waals surface area contributed by atoms with Gasteiger partial charge in [0.05, 0.1) is 0 Å². The van der Waals surface area contributed by atoms with Crippen molar-refractivity contribution in [3.63, 3.8) is 0 Å². The Kier molecular flexibility index (Phi) is 8.11. The van der Waals surface area contributed by atoms with Crippen LogP contribution in [0, 0.1) is 6.92 Å². The summed E-state index contributed by atoms with van der Waals surface area (Å²) in [6.45, 7) is 14.6. The van der Waals surface area contributed by atoms with E-state index in [2.05, 4.69) is 57.2 Å². The lowest BCUT2D eigenvalue weighted by Gasteiger charge is -2.07. The maximum atomic E-state index is 2.29. The lowest BCUT2D eigenvalue weighted by atomic mass is 9.98. The highest BCUT2D eigenvalue weighted by Crippen LogP contribution is 2.21. The third-order valence-corrected chi connectivity index (χ3v) is 2.69. The van der Waals surface area contributed by atoms with Crippen molar-refractivity contribution in [3.8, 4) is 0 Å². The standard InChI is InChI=1S/C14H16.2C2H6/c1-10(2)12-6-7-13-8-11(3)4-5-14(13)9-12;2*1-2/h4-10H,1-3H3;2*1-2H3. The van der Waals surface area contributed by atoms with Crippen molar-refractivity contribution in [1.82, 2.24) is 0 Å². The SMILES string of the molecule is CC.CC.Cc1ccc2cc(C(C)C)ccc2c1. The van der Waals surface area contributed by atoms with E-state index < -0.39 is 0 Å². The van der Waals surface area contributed by atoms with E-state index in [4.69, 9.17) is 0 Å². The van der Waals surface area contributed by atoms with Crippen molar-refractivity contribution < 1.29 is 0 Å². The molecule has 0 atom stereocenters. The summed E-state index contributed by atoms with van der Waals surface area (Å²) in [4.78, 5) is 0. The molecule has 0 fully saturated rings. The molecule has 0 unspecified atom stereocenters. The molecule has 0 aromatic heterocycles. The molecule has 18 heavy (non-hydrogen) atoms. The largest absolute Gasteiger partial charge is 0.0683 e. The zero-order chi connectivity index (χ0) is 14.1. The maximum Gasteiger partial charge on any atom is -0.0181 e. The van der Waals surface area contributed by atoms with Gasteiger partial charge < -0.3 is 0 Å². The Labute approximate surface area is 113 Å². The van der Waals surface area contributed by atoms with Crippen molar-refractivity contribution in [3.05, 3.63) is 47.5 Å². The second kappa shape index (κ2) is 8.74. The molecule has 0 heteroatoms. The molecule has 0 aliphatic heterocycles. The second-order valence-corrected chi connectivity index (χ2v) is 4.26. The van der Waals surface area contributed by atoms with Gasteiger partial charge >= 0.3 is 0 Å². The van der Waals surface area contributed by atoms with E-state index >= 15 is 0 Å². The van der Waals surface area contributed by atoms with Crippen molar-refractivity contribution in [1.29, 1.82) is 0 Å². The normalized spacial score (nSPS) is 9.33. The van der Waals surface area contributed by atoms with Crippen LogP contribution in [0.4, 0.5) is 0 Å². The van der Waals surface area contributed by atoms with Crippen LogP contribution in [0.1, 0.15) is 58.6 Å². The molecule has 0 nitrogen and oxygen atoms in total. The molecule has 0 saturated carbocycles. The van der Waals surface area contributed by atoms with E-state index in [1.807, 2.05) is 27.7 Å². The molecule has 0 N–H and O–H groups in total. The van der Waals surface area contributed by atoms with E-state index in [1.165, 1.54) is 21.9 Å². The fraction of sp³-hybridized carbons (Fsp3) is 0.444. The van der Waals surface area contributed by atoms with Crippen LogP contribution < -0.4 is 0 Å². The van der Waals surface area contributed by atoms with Crippen LogP contribution >= 0.6 is 0 Å². The third-order valence-electron chi connectivity index (χ3n) is 2.69. The first-order valence-electron chi connectivity index (χ1n) is 7.17. The monoisotopic (exact) mass is 244 g/mol. The van der Waals surface area contributed by atoms with E-state index in [9.17, 15) is 0 Å². The van der Waals surface area contributed by atoms with Crippen LogP contribution in [0.5, 0.6) is 0 Å². The van der Waals surface area contributed by atoms with Gasteiger partial charge in [0.2, 0.25) is 0 Å². The fourth-order valence-corrected chi connectivity index (χ4v) is 1.74. The minimum absolute atomic E-state index is 0.612. The topological polar surface area (TPSA) is 0 Å². The van der Waals surface area contributed by atoms with Gasteiger partial charge in [-0.2, -0.15) is 0 Å². The molecule has 2 aromatic rings. The van der Waals surface area contributed by atoms with Crippen LogP contribution in [0.2, 0.25) is 0 Å². The molecule has 0 aliphatic carbocycles. The molecular formula is C18H28. The first kappa shape index (κ1) is 16.7. The Bertz CT molecular complexity index is 453. The summed E-state index contributed by atoms with van der Waals surface area (Å²) in [5.74, 6) is 0.612. The summed E-state index contributed by atoms with van der Waals surface area (Å²) in [6, 6.07) is 13.4. The highest BCUT2D eigenvalue weighted by atomic mass is 14.0. The summed E-state index contributed by atoms with van der Waals surface area (Å²) in [7, 11) is 0. The fourth-order valence-electron chi connectivity index (χ4n) is 1.74. The first-order chi connectivity index (χ1) is 8.66. The molecule has 0 radical (unpaired) electrons. The highest BCUT2D eigenvalue weighted by Gasteiger charge is 2.00. The Morgan fingerprint density at radius 3 is 1.78 bits per heavy atom. The van der Waals surface area contributed by atoms with Crippen molar-refractivity contribution in [2.45, 2.75) is 54.4 Å². The van der Waals surface area contributed by atoms with Crippen LogP contribution in [0.15, 0.2) is 36.4 Å². The number of benzene rings is 2. The average molecular weight is 244 g/mol. The second-order valence-electron chi connectivity index (χ2n) is 4.26. The molecule has 2 aromatic carbocycles. The number of aryl methyl sites for hydroxylation is 1. The molecule has 0 heterocycles. The molecular weight excluding hydrogens is 216 g/mol. The Balaban J connectivity index is 0.000000659. The average Bonchev–Trinajstić information content (AvgIpc) is 2.42. The predicted molar refractivity (Wildman–Crippen MR) is 85.5 cm³/mol. The number of fused-ring (bicyclic) bond motifs is 1. The van der Waals surface area contributed by atoms with Crippen LogP contribution in [-0.4, -0.2) is 0 Å². The Morgan fingerprint density at radius 1 is 0.722 bits per heavy atom. The molecule has 0 saturated heterocycles. The van der Waals surface area contributed by atoms with E-state index in [1.54, 1.807) is 0 Å². The molecule has 0 aliphatic rings. The minimum atomic E-state index is 0.612. The van der Waals surface area contributed by atoms with Gasteiger partial charge in [-0.3, -0.25) is 0 Å². The van der Waals surface area contributed by atoms with Gasteiger partial charge in [-0.15, -0.1) is 0 Å². The minimum Gasteiger partial charge on any atom is -0.0683 e. The van der Waals surface area contributed by atoms with Gasteiger partial charge in [0.15, 0.2) is 0 Å². The van der Waals surface area contributed by atoms with Gasteiger partial charge in [0.1, 0.15) is 0 Å². The molecule has 2 rings (SSSR count). The number of rotatable bonds is 1. The predicted octanol–water partition coefficient (Wildman–Crippen LogP) is 6.32. The van der Waals surface area contributed by atoms with Crippen molar-refractivity contribution in [2.75, 3.05) is 0 Å². The maximum absolute atomic E-state index is 2.29. The first-order valence-corrected chi connectivity index (χ1v) is 7.17. The summed E-state index contributed by atoms with van der Waals surface area (Å²) in [5.41, 5.74) is 2.75. The van der Waals surface area contributed by atoms with Gasteiger partial charge in [-0.05, 0) is 29.2 Å². The molecule has 100 valence electrons. The Hall–Kier alpha value is -1.30. The zero-order valence-corrected chi connectivity index (χ0v) is 13.0. The molecule has 0 spiro atoms. The van der Waals surface area contributed by atoms with E-state index in [-0.39, 0.29) is 0 Å².